The van der Waals surface area contributed by atoms with Crippen molar-refractivity contribution < 1.29 is 9.53 Å². The van der Waals surface area contributed by atoms with Crippen LogP contribution in [0, 0.1) is 0 Å². The van der Waals surface area contributed by atoms with Gasteiger partial charge in [0.2, 0.25) is 5.91 Å². The largest absolute Gasteiger partial charge is 0.380 e. The molecule has 2 N–H and O–H groups in total. The lowest BCUT2D eigenvalue weighted by molar-refractivity contribution is -0.137. The van der Waals surface area contributed by atoms with Crippen LogP contribution in [0.4, 0.5) is 0 Å². The van der Waals surface area contributed by atoms with Gasteiger partial charge in [0.25, 0.3) is 0 Å². The van der Waals surface area contributed by atoms with Crippen molar-refractivity contribution >= 4 is 29.9 Å². The Morgan fingerprint density at radius 3 is 2.65 bits per heavy atom. The van der Waals surface area contributed by atoms with Crippen LogP contribution in [0.3, 0.4) is 0 Å². The lowest BCUT2D eigenvalue weighted by Gasteiger charge is -2.38. The number of rotatable bonds is 5. The molecule has 0 fully saturated rings. The van der Waals surface area contributed by atoms with Crippen LogP contribution < -0.4 is 5.73 Å². The van der Waals surface area contributed by atoms with E-state index in [0.717, 1.165) is 17.5 Å². The highest BCUT2D eigenvalue weighted by molar-refractivity contribution is 6.30. The smallest absolute Gasteiger partial charge is 0.226 e. The van der Waals surface area contributed by atoms with Crippen LogP contribution in [-0.2, 0) is 22.5 Å². The van der Waals surface area contributed by atoms with E-state index in [9.17, 15) is 4.79 Å². The Kier molecular flexibility index (Phi) is 7.47. The molecule has 0 saturated heterocycles. The van der Waals surface area contributed by atoms with E-state index in [1.807, 2.05) is 35.2 Å². The summed E-state index contributed by atoms with van der Waals surface area (Å²) in [6.45, 7) is 0.879. The molecule has 0 spiro atoms. The van der Waals surface area contributed by atoms with Gasteiger partial charge in [-0.15, -0.1) is 12.4 Å². The van der Waals surface area contributed by atoms with E-state index in [0.29, 0.717) is 18.1 Å². The number of halogens is 2. The molecular formula is C20H24Cl2N2O2. The molecule has 0 aromatic heterocycles. The van der Waals surface area contributed by atoms with Gasteiger partial charge in [-0.3, -0.25) is 4.79 Å². The topological polar surface area (TPSA) is 55.6 Å². The van der Waals surface area contributed by atoms with E-state index in [4.69, 9.17) is 22.1 Å². The number of ether oxygens (including phenoxy) is 1. The van der Waals surface area contributed by atoms with E-state index >= 15 is 0 Å². The maximum atomic E-state index is 13.0. The van der Waals surface area contributed by atoms with Gasteiger partial charge in [0, 0.05) is 25.2 Å². The Balaban J connectivity index is 0.00000243. The average Bonchev–Trinajstić information content (AvgIpc) is 2.65. The minimum atomic E-state index is -0.260. The Bertz CT molecular complexity index is 736. The van der Waals surface area contributed by atoms with Crippen LogP contribution in [0.25, 0.3) is 0 Å². The predicted molar refractivity (Wildman–Crippen MR) is 107 cm³/mol. The monoisotopic (exact) mass is 394 g/mol. The van der Waals surface area contributed by atoms with Crippen molar-refractivity contribution in [3.63, 3.8) is 0 Å². The fourth-order valence-corrected chi connectivity index (χ4v) is 3.56. The second kappa shape index (κ2) is 9.38. The number of nitrogens with zero attached hydrogens (tertiary/aromatic N) is 1. The third kappa shape index (κ3) is 4.57. The molecule has 1 amide bonds. The fourth-order valence-electron chi connectivity index (χ4n) is 3.36. The van der Waals surface area contributed by atoms with E-state index < -0.39 is 0 Å². The van der Waals surface area contributed by atoms with Crippen LogP contribution in [0.1, 0.15) is 29.2 Å². The normalized spacial score (nSPS) is 17.2. The highest BCUT2D eigenvalue weighted by Crippen LogP contribution is 2.35. The number of methoxy groups -OCH3 is 1. The summed E-state index contributed by atoms with van der Waals surface area (Å²) in [5, 5.41) is 0.695. The molecule has 2 unspecified atom stereocenters. The number of amides is 1. The van der Waals surface area contributed by atoms with Crippen LogP contribution in [-0.4, -0.2) is 30.6 Å². The molecule has 1 heterocycles. The summed E-state index contributed by atoms with van der Waals surface area (Å²) in [5.74, 6) is 0.0526. The van der Waals surface area contributed by atoms with E-state index in [2.05, 4.69) is 18.2 Å². The van der Waals surface area contributed by atoms with E-state index in [-0.39, 0.29) is 36.9 Å². The summed E-state index contributed by atoms with van der Waals surface area (Å²) < 4.78 is 5.30. The van der Waals surface area contributed by atoms with Gasteiger partial charge >= 0.3 is 0 Å². The van der Waals surface area contributed by atoms with Crippen molar-refractivity contribution in [2.24, 2.45) is 5.73 Å². The quantitative estimate of drug-likeness (QED) is 0.839. The van der Waals surface area contributed by atoms with Crippen molar-refractivity contribution in [3.05, 3.63) is 70.2 Å². The van der Waals surface area contributed by atoms with Crippen molar-refractivity contribution in [1.82, 2.24) is 4.90 Å². The molecule has 140 valence electrons. The molecular weight excluding hydrogens is 371 g/mol. The molecule has 0 saturated carbocycles. The standard InChI is InChI=1S/C20H23ClN2O2.ClH/c1-25-18(12-22)11-20(24)23-13-16-9-17(21)8-7-15(16)10-19(23)14-5-3-2-4-6-14;/h2-9,18-19H,10-13,22H2,1H3;1H. The zero-order valence-corrected chi connectivity index (χ0v) is 16.3. The number of fused-ring (bicyclic) bond motifs is 1. The maximum Gasteiger partial charge on any atom is 0.226 e. The SMILES string of the molecule is COC(CN)CC(=O)N1Cc2cc(Cl)ccc2CC1c1ccccc1.Cl. The van der Waals surface area contributed by atoms with Gasteiger partial charge < -0.3 is 15.4 Å². The van der Waals surface area contributed by atoms with Crippen molar-refractivity contribution in [2.45, 2.75) is 31.5 Å². The molecule has 1 aliphatic heterocycles. The Morgan fingerprint density at radius 1 is 1.27 bits per heavy atom. The van der Waals surface area contributed by atoms with Crippen molar-refractivity contribution in [2.75, 3.05) is 13.7 Å². The average molecular weight is 395 g/mol. The lowest BCUT2D eigenvalue weighted by Crippen LogP contribution is -2.41. The second-order valence-corrected chi connectivity index (χ2v) is 6.80. The molecule has 0 radical (unpaired) electrons. The summed E-state index contributed by atoms with van der Waals surface area (Å²) >= 11 is 6.15. The highest BCUT2D eigenvalue weighted by Gasteiger charge is 2.31. The van der Waals surface area contributed by atoms with Crippen LogP contribution in [0.2, 0.25) is 5.02 Å². The first-order chi connectivity index (χ1) is 12.1. The fraction of sp³-hybridized carbons (Fsp3) is 0.350. The number of benzene rings is 2. The molecule has 2 aromatic rings. The third-order valence-corrected chi connectivity index (χ3v) is 5.04. The van der Waals surface area contributed by atoms with E-state index in [1.165, 1.54) is 5.56 Å². The number of hydrogen-bond donors (Lipinski definition) is 1. The van der Waals surface area contributed by atoms with Crippen LogP contribution in [0.15, 0.2) is 48.5 Å². The molecule has 26 heavy (non-hydrogen) atoms. The zero-order chi connectivity index (χ0) is 17.8. The van der Waals surface area contributed by atoms with Gasteiger partial charge in [0.15, 0.2) is 0 Å². The lowest BCUT2D eigenvalue weighted by atomic mass is 9.89. The minimum absolute atomic E-state index is 0. The van der Waals surface area contributed by atoms with Gasteiger partial charge in [0.1, 0.15) is 0 Å². The Hall–Kier alpha value is -1.59. The second-order valence-electron chi connectivity index (χ2n) is 6.36. The number of hydrogen-bond acceptors (Lipinski definition) is 3. The van der Waals surface area contributed by atoms with Gasteiger partial charge in [-0.25, -0.2) is 0 Å². The zero-order valence-electron chi connectivity index (χ0n) is 14.7. The molecule has 3 rings (SSSR count). The van der Waals surface area contributed by atoms with Crippen molar-refractivity contribution in [1.29, 1.82) is 0 Å². The molecule has 2 aromatic carbocycles. The molecule has 2 atom stereocenters. The maximum absolute atomic E-state index is 13.0. The molecule has 0 aliphatic carbocycles. The summed E-state index contributed by atoms with van der Waals surface area (Å²) in [5.41, 5.74) is 9.17. The van der Waals surface area contributed by atoms with Gasteiger partial charge in [0.05, 0.1) is 18.6 Å². The van der Waals surface area contributed by atoms with Crippen molar-refractivity contribution in [3.8, 4) is 0 Å². The summed E-state index contributed by atoms with van der Waals surface area (Å²) in [4.78, 5) is 14.9. The summed E-state index contributed by atoms with van der Waals surface area (Å²) in [7, 11) is 1.59. The molecule has 4 nitrogen and oxygen atoms in total. The molecule has 6 heteroatoms. The first-order valence-corrected chi connectivity index (χ1v) is 8.84. The Morgan fingerprint density at radius 2 is 2.00 bits per heavy atom. The van der Waals surface area contributed by atoms with Gasteiger partial charge in [-0.05, 0) is 35.2 Å². The van der Waals surface area contributed by atoms with Crippen LogP contribution >= 0.6 is 24.0 Å². The van der Waals surface area contributed by atoms with E-state index in [1.54, 1.807) is 7.11 Å². The number of nitrogens with two attached hydrogens (primary N) is 1. The van der Waals surface area contributed by atoms with Gasteiger partial charge in [-0.2, -0.15) is 0 Å². The predicted octanol–water partition coefficient (Wildman–Crippen LogP) is 3.75. The first kappa shape index (κ1) is 20.7. The van der Waals surface area contributed by atoms with Crippen LogP contribution in [0.5, 0.6) is 0 Å². The van der Waals surface area contributed by atoms with Gasteiger partial charge in [-0.1, -0.05) is 48.0 Å². The molecule has 1 aliphatic rings. The Labute approximate surface area is 165 Å². The number of carbonyl (C=O) groups excluding carboxylic acids is 1. The minimum Gasteiger partial charge on any atom is -0.380 e. The first-order valence-electron chi connectivity index (χ1n) is 8.47. The highest BCUT2D eigenvalue weighted by atomic mass is 35.5. The molecule has 0 bridgehead atoms. The number of carbonyl (C=O) groups is 1. The third-order valence-electron chi connectivity index (χ3n) is 4.80. The summed E-state index contributed by atoms with van der Waals surface area (Å²) in [6.07, 6.45) is 0.805. The summed E-state index contributed by atoms with van der Waals surface area (Å²) in [6, 6.07) is 16.1.